The maximum absolute atomic E-state index is 13.3. The third kappa shape index (κ3) is 4.30. The lowest BCUT2D eigenvalue weighted by atomic mass is 9.94. The fourth-order valence-electron chi connectivity index (χ4n) is 4.74. The van der Waals surface area contributed by atoms with E-state index in [2.05, 4.69) is 27.8 Å². The van der Waals surface area contributed by atoms with E-state index in [1.807, 2.05) is 54.7 Å². The van der Waals surface area contributed by atoms with Crippen LogP contribution in [-0.4, -0.2) is 33.2 Å². The first kappa shape index (κ1) is 23.1. The van der Waals surface area contributed by atoms with Gasteiger partial charge >= 0.3 is 0 Å². The second kappa shape index (κ2) is 9.55. The van der Waals surface area contributed by atoms with Crippen LogP contribution in [0, 0.1) is 0 Å². The van der Waals surface area contributed by atoms with E-state index in [1.54, 1.807) is 29.2 Å². The number of amides is 1. The molecule has 4 aromatic rings. The zero-order chi connectivity index (χ0) is 24.5. The summed E-state index contributed by atoms with van der Waals surface area (Å²) in [6.45, 7) is 2.43. The molecule has 6 heteroatoms. The summed E-state index contributed by atoms with van der Waals surface area (Å²) in [5.74, 6) is -1.41. The van der Waals surface area contributed by atoms with E-state index in [-0.39, 0.29) is 11.3 Å². The van der Waals surface area contributed by atoms with Gasteiger partial charge in [-0.05, 0) is 47.7 Å². The van der Waals surface area contributed by atoms with E-state index < -0.39 is 17.7 Å². The van der Waals surface area contributed by atoms with E-state index in [9.17, 15) is 14.7 Å². The number of aliphatic hydroxyl groups excluding tert-OH is 1. The molecule has 5 nitrogen and oxygen atoms in total. The lowest BCUT2D eigenvalue weighted by molar-refractivity contribution is -0.139. The van der Waals surface area contributed by atoms with Crippen molar-refractivity contribution in [1.29, 1.82) is 0 Å². The van der Waals surface area contributed by atoms with Gasteiger partial charge in [-0.1, -0.05) is 77.5 Å². The molecule has 2 N–H and O–H groups in total. The number of ketones is 1. The molecule has 1 aliphatic rings. The summed E-state index contributed by atoms with van der Waals surface area (Å²) in [6.07, 6.45) is 3.42. The number of fused-ring (bicyclic) bond motifs is 1. The number of rotatable bonds is 6. The summed E-state index contributed by atoms with van der Waals surface area (Å²) >= 11 is 3.40. The number of aromatic amines is 1. The van der Waals surface area contributed by atoms with Crippen LogP contribution in [0.1, 0.15) is 35.2 Å². The molecule has 5 rings (SSSR count). The van der Waals surface area contributed by atoms with Crippen LogP contribution in [-0.2, 0) is 22.4 Å². The molecule has 1 amide bonds. The van der Waals surface area contributed by atoms with Crippen molar-refractivity contribution in [2.24, 2.45) is 0 Å². The first-order valence-corrected chi connectivity index (χ1v) is 12.5. The predicted molar refractivity (Wildman–Crippen MR) is 141 cm³/mol. The quantitative estimate of drug-likeness (QED) is 0.179. The Balaban J connectivity index is 1.56. The zero-order valence-electron chi connectivity index (χ0n) is 19.3. The molecule has 1 fully saturated rings. The van der Waals surface area contributed by atoms with Crippen LogP contribution in [0.2, 0.25) is 0 Å². The molecule has 1 saturated heterocycles. The highest BCUT2D eigenvalue weighted by atomic mass is 79.9. The van der Waals surface area contributed by atoms with Crippen LogP contribution in [0.3, 0.4) is 0 Å². The Bertz CT molecular complexity index is 1440. The minimum absolute atomic E-state index is 0.125. The maximum Gasteiger partial charge on any atom is 0.295 e. The third-order valence-electron chi connectivity index (χ3n) is 6.66. The normalized spacial score (nSPS) is 17.4. The summed E-state index contributed by atoms with van der Waals surface area (Å²) in [7, 11) is 0. The number of aromatic nitrogens is 1. The Labute approximate surface area is 212 Å². The van der Waals surface area contributed by atoms with Crippen molar-refractivity contribution in [3.05, 3.63) is 111 Å². The number of H-pyrrole nitrogens is 1. The number of nitrogens with one attached hydrogen (secondary N) is 1. The minimum atomic E-state index is -0.658. The molecule has 1 aromatic heterocycles. The van der Waals surface area contributed by atoms with Gasteiger partial charge < -0.3 is 15.0 Å². The number of hydrogen-bond donors (Lipinski definition) is 2. The van der Waals surface area contributed by atoms with Gasteiger partial charge in [0.25, 0.3) is 11.7 Å². The summed E-state index contributed by atoms with van der Waals surface area (Å²) in [5, 5.41) is 12.3. The molecular weight excluding hydrogens is 504 g/mol. The van der Waals surface area contributed by atoms with Crippen LogP contribution >= 0.6 is 15.9 Å². The van der Waals surface area contributed by atoms with Crippen molar-refractivity contribution in [2.45, 2.75) is 25.8 Å². The number of carbonyl (C=O) groups is 2. The predicted octanol–water partition coefficient (Wildman–Crippen LogP) is 6.16. The highest BCUT2D eigenvalue weighted by Gasteiger charge is 2.45. The monoisotopic (exact) mass is 528 g/mol. The zero-order valence-corrected chi connectivity index (χ0v) is 20.9. The van der Waals surface area contributed by atoms with Gasteiger partial charge in [-0.25, -0.2) is 0 Å². The topological polar surface area (TPSA) is 73.4 Å². The van der Waals surface area contributed by atoms with Gasteiger partial charge in [0.2, 0.25) is 0 Å². The molecule has 2 heterocycles. The van der Waals surface area contributed by atoms with Gasteiger partial charge in [0.05, 0.1) is 11.6 Å². The molecule has 0 bridgehead atoms. The number of carbonyl (C=O) groups excluding carboxylic acids is 2. The number of nitrogens with zero attached hydrogens (tertiary/aromatic N) is 1. The van der Waals surface area contributed by atoms with Gasteiger partial charge in [-0.3, -0.25) is 9.59 Å². The molecule has 0 spiro atoms. The lowest BCUT2D eigenvalue weighted by Crippen LogP contribution is -2.31. The van der Waals surface area contributed by atoms with Gasteiger partial charge in [0.1, 0.15) is 5.76 Å². The highest BCUT2D eigenvalue weighted by Crippen LogP contribution is 2.40. The fourth-order valence-corrected chi connectivity index (χ4v) is 5.00. The first-order chi connectivity index (χ1) is 17.0. The van der Waals surface area contributed by atoms with Crippen molar-refractivity contribution in [2.75, 3.05) is 6.54 Å². The van der Waals surface area contributed by atoms with Crippen molar-refractivity contribution in [1.82, 2.24) is 9.88 Å². The van der Waals surface area contributed by atoms with E-state index in [1.165, 1.54) is 0 Å². The Hall–Kier alpha value is -3.64. The molecule has 0 unspecified atom stereocenters. The largest absolute Gasteiger partial charge is 0.507 e. The van der Waals surface area contributed by atoms with Gasteiger partial charge in [0, 0.05) is 33.7 Å². The molecule has 3 aromatic carbocycles. The van der Waals surface area contributed by atoms with Crippen molar-refractivity contribution < 1.29 is 14.7 Å². The van der Waals surface area contributed by atoms with Crippen LogP contribution < -0.4 is 0 Å². The van der Waals surface area contributed by atoms with Gasteiger partial charge in [-0.2, -0.15) is 0 Å². The van der Waals surface area contributed by atoms with Gasteiger partial charge in [-0.15, -0.1) is 0 Å². The molecule has 0 aliphatic carbocycles. The van der Waals surface area contributed by atoms with E-state index in [4.69, 9.17) is 0 Å². The van der Waals surface area contributed by atoms with Crippen molar-refractivity contribution in [3.8, 4) is 0 Å². The second-order valence-corrected chi connectivity index (χ2v) is 9.62. The van der Waals surface area contributed by atoms with E-state index in [0.717, 1.165) is 38.5 Å². The standard InChI is InChI=1S/C29H25BrN2O3/c1-2-18-7-9-19(10-8-18)26-25(27(33)20-11-13-22(30)14-12-20)28(34)29(35)32(26)16-15-21-17-31-24-6-4-3-5-23(21)24/h3-14,17,26,31,33H,2,15-16H2,1H3/t26-/m1/s1. The third-order valence-corrected chi connectivity index (χ3v) is 7.19. The van der Waals surface area contributed by atoms with E-state index in [0.29, 0.717) is 18.5 Å². The summed E-state index contributed by atoms with van der Waals surface area (Å²) in [6, 6.07) is 22.3. The van der Waals surface area contributed by atoms with Crippen molar-refractivity contribution in [3.63, 3.8) is 0 Å². The molecule has 35 heavy (non-hydrogen) atoms. The maximum atomic E-state index is 13.3. The fraction of sp³-hybridized carbons (Fsp3) is 0.172. The number of aryl methyl sites for hydroxylation is 1. The first-order valence-electron chi connectivity index (χ1n) is 11.7. The number of benzene rings is 3. The average molecular weight is 529 g/mol. The average Bonchev–Trinajstić information content (AvgIpc) is 3.41. The number of para-hydroxylation sites is 1. The lowest BCUT2D eigenvalue weighted by Gasteiger charge is -2.25. The Morgan fingerprint density at radius 2 is 1.71 bits per heavy atom. The van der Waals surface area contributed by atoms with Crippen LogP contribution in [0.15, 0.2) is 89.0 Å². The Kier molecular flexibility index (Phi) is 6.31. The van der Waals surface area contributed by atoms with E-state index >= 15 is 0 Å². The van der Waals surface area contributed by atoms with Gasteiger partial charge in [0.15, 0.2) is 0 Å². The molecule has 176 valence electrons. The van der Waals surface area contributed by atoms with Crippen LogP contribution in [0.25, 0.3) is 16.7 Å². The summed E-state index contributed by atoms with van der Waals surface area (Å²) in [5.41, 5.74) is 4.71. The molecule has 1 atom stereocenters. The van der Waals surface area contributed by atoms with Crippen LogP contribution in [0.5, 0.6) is 0 Å². The molecular formula is C29H25BrN2O3. The number of aliphatic hydroxyl groups is 1. The Morgan fingerprint density at radius 1 is 1.00 bits per heavy atom. The molecule has 0 saturated carbocycles. The molecule has 1 aliphatic heterocycles. The summed E-state index contributed by atoms with van der Waals surface area (Å²) in [4.78, 5) is 31.4. The number of hydrogen-bond acceptors (Lipinski definition) is 3. The number of halogens is 1. The summed E-state index contributed by atoms with van der Waals surface area (Å²) < 4.78 is 0.861. The number of likely N-dealkylation sites (tertiary alicyclic amines) is 1. The number of Topliss-reactive ketones (excluding diaryl/α,β-unsaturated/α-hetero) is 1. The highest BCUT2D eigenvalue weighted by molar-refractivity contribution is 9.10. The SMILES string of the molecule is CCc1ccc([C@@H]2C(=C(O)c3ccc(Br)cc3)C(=O)C(=O)N2CCc2c[nH]c3ccccc23)cc1. The van der Waals surface area contributed by atoms with Crippen molar-refractivity contribution >= 4 is 44.3 Å². The Morgan fingerprint density at radius 3 is 2.43 bits per heavy atom. The minimum Gasteiger partial charge on any atom is -0.507 e. The smallest absolute Gasteiger partial charge is 0.295 e. The molecule has 0 radical (unpaired) electrons. The van der Waals surface area contributed by atoms with Crippen LogP contribution in [0.4, 0.5) is 0 Å². The second-order valence-electron chi connectivity index (χ2n) is 8.70.